The molecule has 0 aliphatic carbocycles. The number of rotatable bonds is 10. The monoisotopic (exact) mass is 416 g/mol. The topological polar surface area (TPSA) is 82.6 Å². The SMILES string of the molecule is CCNC(=NCc1cccc(CS(=O)(=O)NC)c1)NC(C)CCc1ccccc1. The highest BCUT2D eigenvalue weighted by Crippen LogP contribution is 2.10. The third kappa shape index (κ3) is 8.66. The molecule has 158 valence electrons. The molecular formula is C22H32N4O2S. The van der Waals surface area contributed by atoms with Crippen LogP contribution in [0, 0.1) is 0 Å². The molecule has 7 heteroatoms. The second-order valence-corrected chi connectivity index (χ2v) is 8.97. The van der Waals surface area contributed by atoms with Gasteiger partial charge in [0.25, 0.3) is 0 Å². The second kappa shape index (κ2) is 11.6. The molecule has 3 N–H and O–H groups in total. The summed E-state index contributed by atoms with van der Waals surface area (Å²) in [6, 6.07) is 18.3. The lowest BCUT2D eigenvalue weighted by molar-refractivity contribution is 0.587. The Kier molecular flexibility index (Phi) is 9.15. The van der Waals surface area contributed by atoms with Crippen molar-refractivity contribution < 1.29 is 8.42 Å². The normalized spacial score (nSPS) is 13.1. The van der Waals surface area contributed by atoms with E-state index < -0.39 is 10.0 Å². The van der Waals surface area contributed by atoms with Gasteiger partial charge in [-0.3, -0.25) is 0 Å². The van der Waals surface area contributed by atoms with Crippen molar-refractivity contribution in [2.75, 3.05) is 13.6 Å². The molecule has 0 heterocycles. The first-order valence-electron chi connectivity index (χ1n) is 9.99. The number of benzene rings is 2. The summed E-state index contributed by atoms with van der Waals surface area (Å²) < 4.78 is 25.9. The van der Waals surface area contributed by atoms with Crippen molar-refractivity contribution in [1.82, 2.24) is 15.4 Å². The van der Waals surface area contributed by atoms with Gasteiger partial charge in [-0.25, -0.2) is 18.1 Å². The van der Waals surface area contributed by atoms with Gasteiger partial charge in [0.05, 0.1) is 12.3 Å². The van der Waals surface area contributed by atoms with Crippen molar-refractivity contribution in [2.45, 2.75) is 45.0 Å². The fraction of sp³-hybridized carbons (Fsp3) is 0.409. The number of guanidine groups is 1. The van der Waals surface area contributed by atoms with Gasteiger partial charge in [0.15, 0.2) is 5.96 Å². The molecule has 0 aliphatic heterocycles. The first kappa shape index (κ1) is 22.9. The minimum absolute atomic E-state index is 0.0319. The van der Waals surface area contributed by atoms with Crippen LogP contribution in [-0.4, -0.2) is 34.0 Å². The van der Waals surface area contributed by atoms with E-state index in [1.165, 1.54) is 12.6 Å². The molecule has 0 amide bonds. The molecule has 0 radical (unpaired) electrons. The van der Waals surface area contributed by atoms with Crippen LogP contribution in [-0.2, 0) is 28.7 Å². The summed E-state index contributed by atoms with van der Waals surface area (Å²) in [5.74, 6) is 0.733. The minimum atomic E-state index is -3.28. The van der Waals surface area contributed by atoms with Crippen molar-refractivity contribution in [3.8, 4) is 0 Å². The number of aryl methyl sites for hydroxylation is 1. The maximum Gasteiger partial charge on any atom is 0.215 e. The van der Waals surface area contributed by atoms with Gasteiger partial charge in [-0.1, -0.05) is 54.6 Å². The number of aliphatic imine (C=N–C) groups is 1. The predicted octanol–water partition coefficient (Wildman–Crippen LogP) is 2.81. The van der Waals surface area contributed by atoms with Crippen molar-refractivity contribution in [3.05, 3.63) is 71.3 Å². The Morgan fingerprint density at radius 2 is 1.72 bits per heavy atom. The van der Waals surface area contributed by atoms with Gasteiger partial charge >= 0.3 is 0 Å². The van der Waals surface area contributed by atoms with Crippen LogP contribution in [0.25, 0.3) is 0 Å². The van der Waals surface area contributed by atoms with Crippen LogP contribution < -0.4 is 15.4 Å². The van der Waals surface area contributed by atoms with Gasteiger partial charge in [0, 0.05) is 12.6 Å². The van der Waals surface area contributed by atoms with E-state index in [2.05, 4.69) is 51.5 Å². The molecule has 29 heavy (non-hydrogen) atoms. The van der Waals surface area contributed by atoms with E-state index in [9.17, 15) is 8.42 Å². The summed E-state index contributed by atoms with van der Waals surface area (Å²) in [6.45, 7) is 5.44. The summed E-state index contributed by atoms with van der Waals surface area (Å²) in [7, 11) is -1.86. The Morgan fingerprint density at radius 1 is 1.03 bits per heavy atom. The number of hydrogen-bond acceptors (Lipinski definition) is 3. The Balaban J connectivity index is 1.95. The summed E-state index contributed by atoms with van der Waals surface area (Å²) in [4.78, 5) is 4.67. The van der Waals surface area contributed by atoms with E-state index in [0.29, 0.717) is 6.54 Å². The zero-order valence-electron chi connectivity index (χ0n) is 17.5. The summed E-state index contributed by atoms with van der Waals surface area (Å²) in [5.41, 5.74) is 3.06. The van der Waals surface area contributed by atoms with Crippen LogP contribution in [0.5, 0.6) is 0 Å². The van der Waals surface area contributed by atoms with E-state index in [-0.39, 0.29) is 11.8 Å². The molecule has 2 aromatic carbocycles. The van der Waals surface area contributed by atoms with Crippen molar-refractivity contribution in [1.29, 1.82) is 0 Å². The van der Waals surface area contributed by atoms with E-state index in [1.807, 2.05) is 37.3 Å². The molecular weight excluding hydrogens is 384 g/mol. The highest BCUT2D eigenvalue weighted by molar-refractivity contribution is 7.88. The molecule has 0 bridgehead atoms. The average molecular weight is 417 g/mol. The quantitative estimate of drug-likeness (QED) is 0.411. The largest absolute Gasteiger partial charge is 0.357 e. The molecule has 6 nitrogen and oxygen atoms in total. The molecule has 1 unspecified atom stereocenters. The molecule has 0 saturated carbocycles. The summed E-state index contributed by atoms with van der Waals surface area (Å²) in [5, 5.41) is 6.73. The van der Waals surface area contributed by atoms with Gasteiger partial charge in [-0.2, -0.15) is 0 Å². The third-order valence-corrected chi connectivity index (χ3v) is 5.85. The molecule has 0 saturated heterocycles. The van der Waals surface area contributed by atoms with Gasteiger partial charge in [-0.15, -0.1) is 0 Å². The molecule has 0 aliphatic rings. The maximum atomic E-state index is 11.8. The molecule has 2 aromatic rings. The maximum absolute atomic E-state index is 11.8. The summed E-state index contributed by atoms with van der Waals surface area (Å²) in [6.07, 6.45) is 2.02. The minimum Gasteiger partial charge on any atom is -0.357 e. The highest BCUT2D eigenvalue weighted by atomic mass is 32.2. The standard InChI is InChI=1S/C22H32N4O2S/c1-4-24-22(26-18(2)13-14-19-9-6-5-7-10-19)25-16-20-11-8-12-21(15-20)17-29(27,28)23-3/h5-12,15,18,23H,4,13-14,16-17H2,1-3H3,(H2,24,25,26). The van der Waals surface area contributed by atoms with Crippen LogP contribution in [0.2, 0.25) is 0 Å². The van der Waals surface area contributed by atoms with Gasteiger partial charge in [-0.05, 0) is 50.4 Å². The van der Waals surface area contributed by atoms with Gasteiger partial charge in [0.2, 0.25) is 10.0 Å². The Morgan fingerprint density at radius 3 is 2.41 bits per heavy atom. The predicted molar refractivity (Wildman–Crippen MR) is 120 cm³/mol. The van der Waals surface area contributed by atoms with E-state index in [0.717, 1.165) is 36.5 Å². The van der Waals surface area contributed by atoms with Crippen molar-refractivity contribution >= 4 is 16.0 Å². The van der Waals surface area contributed by atoms with E-state index in [4.69, 9.17) is 0 Å². The van der Waals surface area contributed by atoms with Crippen molar-refractivity contribution in [2.24, 2.45) is 4.99 Å². The molecule has 1 atom stereocenters. The van der Waals surface area contributed by atoms with Crippen LogP contribution in [0.3, 0.4) is 0 Å². The number of hydrogen-bond donors (Lipinski definition) is 3. The average Bonchev–Trinajstić information content (AvgIpc) is 2.71. The lowest BCUT2D eigenvalue weighted by Gasteiger charge is -2.18. The Hall–Kier alpha value is -2.38. The van der Waals surface area contributed by atoms with E-state index >= 15 is 0 Å². The van der Waals surface area contributed by atoms with Crippen LogP contribution in [0.15, 0.2) is 59.6 Å². The third-order valence-electron chi connectivity index (χ3n) is 4.52. The molecule has 2 rings (SSSR count). The Bertz CT molecular complexity index is 883. The number of sulfonamides is 1. The van der Waals surface area contributed by atoms with E-state index in [1.54, 1.807) is 0 Å². The van der Waals surface area contributed by atoms with Crippen LogP contribution >= 0.6 is 0 Å². The molecule has 0 fully saturated rings. The lowest BCUT2D eigenvalue weighted by Crippen LogP contribution is -2.42. The second-order valence-electron chi connectivity index (χ2n) is 7.05. The first-order chi connectivity index (χ1) is 13.9. The fourth-order valence-corrected chi connectivity index (χ4v) is 3.70. The summed E-state index contributed by atoms with van der Waals surface area (Å²) >= 11 is 0. The molecule has 0 spiro atoms. The lowest BCUT2D eigenvalue weighted by atomic mass is 10.1. The van der Waals surface area contributed by atoms with Gasteiger partial charge in [0.1, 0.15) is 0 Å². The van der Waals surface area contributed by atoms with Gasteiger partial charge < -0.3 is 10.6 Å². The smallest absolute Gasteiger partial charge is 0.215 e. The number of nitrogens with one attached hydrogen (secondary N) is 3. The first-order valence-corrected chi connectivity index (χ1v) is 11.6. The zero-order chi connectivity index (χ0) is 21.1. The fourth-order valence-electron chi connectivity index (χ4n) is 2.93. The van der Waals surface area contributed by atoms with Crippen molar-refractivity contribution in [3.63, 3.8) is 0 Å². The van der Waals surface area contributed by atoms with Crippen LogP contribution in [0.1, 0.15) is 37.0 Å². The Labute approximate surface area is 174 Å². The highest BCUT2D eigenvalue weighted by Gasteiger charge is 2.09. The number of nitrogens with zero attached hydrogens (tertiary/aromatic N) is 1. The zero-order valence-corrected chi connectivity index (χ0v) is 18.3. The van der Waals surface area contributed by atoms with Crippen LogP contribution in [0.4, 0.5) is 0 Å². The molecule has 0 aromatic heterocycles.